The maximum atomic E-state index is 13.4. The number of carbonyl (C=O) groups excluding carboxylic acids is 2. The predicted octanol–water partition coefficient (Wildman–Crippen LogP) is 6.24. The predicted molar refractivity (Wildman–Crippen MR) is 131 cm³/mol. The Balaban J connectivity index is 1.66. The van der Waals surface area contributed by atoms with Crippen LogP contribution in [0.25, 0.3) is 0 Å². The molecule has 6 heteroatoms. The quantitative estimate of drug-likeness (QED) is 0.471. The van der Waals surface area contributed by atoms with Gasteiger partial charge < -0.3 is 15.0 Å². The smallest absolute Gasteiger partial charge is 0.264 e. The van der Waals surface area contributed by atoms with Crippen LogP contribution in [0.3, 0.4) is 0 Å². The van der Waals surface area contributed by atoms with Crippen molar-refractivity contribution in [2.45, 2.75) is 45.4 Å². The molecule has 3 aromatic rings. The van der Waals surface area contributed by atoms with Gasteiger partial charge in [-0.05, 0) is 48.7 Å². The maximum absolute atomic E-state index is 13.4. The Morgan fingerprint density at radius 1 is 1.09 bits per heavy atom. The molecule has 0 unspecified atom stereocenters. The second-order valence-corrected chi connectivity index (χ2v) is 8.48. The minimum Gasteiger partial charge on any atom is -0.480 e. The van der Waals surface area contributed by atoms with Gasteiger partial charge in [-0.15, -0.1) is 0 Å². The highest BCUT2D eigenvalue weighted by Gasteiger charge is 2.34. The number of halogens is 1. The summed E-state index contributed by atoms with van der Waals surface area (Å²) in [5.74, 6) is 0.354. The van der Waals surface area contributed by atoms with E-state index in [4.69, 9.17) is 16.3 Å². The molecule has 3 aromatic carbocycles. The molecule has 33 heavy (non-hydrogen) atoms. The first-order chi connectivity index (χ1) is 16.0. The van der Waals surface area contributed by atoms with Crippen LogP contribution in [0.15, 0.2) is 72.8 Å². The summed E-state index contributed by atoms with van der Waals surface area (Å²) in [6, 6.07) is 22.4. The molecule has 2 amide bonds. The standard InChI is InChI=1S/C27H27ClN2O3/c1-3-23(18-10-6-5-7-11-18)30-17-19-16-20(14-15-25(19)33-24(4-2)27(30)32)29-26(31)21-12-8-9-13-22(21)28/h5-16,23-24H,3-4,17H2,1-2H3,(H,29,31)/t23-,24+/m0/s1. The van der Waals surface area contributed by atoms with Gasteiger partial charge in [0.05, 0.1) is 23.2 Å². The molecule has 1 aliphatic heterocycles. The van der Waals surface area contributed by atoms with Gasteiger partial charge in [-0.2, -0.15) is 0 Å². The van der Waals surface area contributed by atoms with E-state index in [-0.39, 0.29) is 17.9 Å². The molecule has 4 rings (SSSR count). The van der Waals surface area contributed by atoms with Crippen LogP contribution in [0.1, 0.15) is 54.2 Å². The molecule has 0 saturated carbocycles. The lowest BCUT2D eigenvalue weighted by Gasteiger charge is -2.32. The number of benzene rings is 3. The van der Waals surface area contributed by atoms with E-state index in [9.17, 15) is 9.59 Å². The Morgan fingerprint density at radius 2 is 1.82 bits per heavy atom. The van der Waals surface area contributed by atoms with Gasteiger partial charge in [0.1, 0.15) is 5.75 Å². The fourth-order valence-electron chi connectivity index (χ4n) is 4.22. The SMILES string of the molecule is CC[C@H]1Oc2ccc(NC(=O)c3ccccc3Cl)cc2CN([C@@H](CC)c2ccccc2)C1=O. The van der Waals surface area contributed by atoms with Crippen molar-refractivity contribution in [3.8, 4) is 5.75 Å². The summed E-state index contributed by atoms with van der Waals surface area (Å²) >= 11 is 6.17. The first-order valence-electron chi connectivity index (χ1n) is 11.2. The van der Waals surface area contributed by atoms with E-state index in [1.54, 1.807) is 30.3 Å². The van der Waals surface area contributed by atoms with Gasteiger partial charge in [0.25, 0.3) is 11.8 Å². The van der Waals surface area contributed by atoms with Crippen LogP contribution in [-0.4, -0.2) is 22.8 Å². The molecule has 1 aliphatic rings. The molecule has 0 saturated heterocycles. The largest absolute Gasteiger partial charge is 0.480 e. The molecule has 0 radical (unpaired) electrons. The molecular weight excluding hydrogens is 436 g/mol. The van der Waals surface area contributed by atoms with Crippen molar-refractivity contribution in [1.82, 2.24) is 4.90 Å². The minimum atomic E-state index is -0.549. The molecule has 0 fully saturated rings. The fraction of sp³-hybridized carbons (Fsp3) is 0.259. The third-order valence-corrected chi connectivity index (χ3v) is 6.25. The number of carbonyl (C=O) groups is 2. The Bertz CT molecular complexity index is 1150. The van der Waals surface area contributed by atoms with Gasteiger partial charge in [-0.25, -0.2) is 0 Å². The van der Waals surface area contributed by atoms with Crippen LogP contribution in [0.4, 0.5) is 5.69 Å². The van der Waals surface area contributed by atoms with E-state index in [1.807, 2.05) is 42.2 Å². The zero-order valence-electron chi connectivity index (χ0n) is 18.8. The molecule has 0 aliphatic carbocycles. The van der Waals surface area contributed by atoms with Crippen LogP contribution >= 0.6 is 11.6 Å². The summed E-state index contributed by atoms with van der Waals surface area (Å²) in [6.45, 7) is 4.43. The first kappa shape index (κ1) is 22.9. The Morgan fingerprint density at radius 3 is 2.52 bits per heavy atom. The molecule has 1 N–H and O–H groups in total. The molecule has 170 valence electrons. The summed E-state index contributed by atoms with van der Waals surface area (Å²) in [5, 5.41) is 3.31. The normalized spacial score (nSPS) is 16.4. The van der Waals surface area contributed by atoms with Crippen LogP contribution in [-0.2, 0) is 11.3 Å². The number of amides is 2. The lowest BCUT2D eigenvalue weighted by molar-refractivity contribution is -0.141. The molecule has 0 aromatic heterocycles. The number of hydrogen-bond acceptors (Lipinski definition) is 3. The van der Waals surface area contributed by atoms with Crippen LogP contribution in [0.2, 0.25) is 5.02 Å². The lowest BCUT2D eigenvalue weighted by Crippen LogP contribution is -2.41. The average molecular weight is 463 g/mol. The zero-order chi connectivity index (χ0) is 23.4. The molecular formula is C27H27ClN2O3. The van der Waals surface area contributed by atoms with Gasteiger partial charge in [0, 0.05) is 11.3 Å². The van der Waals surface area contributed by atoms with Crippen LogP contribution < -0.4 is 10.1 Å². The van der Waals surface area contributed by atoms with Crippen molar-refractivity contribution >= 4 is 29.1 Å². The maximum Gasteiger partial charge on any atom is 0.264 e. The summed E-state index contributed by atoms with van der Waals surface area (Å²) in [6.07, 6.45) is 0.808. The number of fused-ring (bicyclic) bond motifs is 1. The molecule has 0 spiro atoms. The Kier molecular flexibility index (Phi) is 6.99. The van der Waals surface area contributed by atoms with E-state index in [0.29, 0.717) is 35.0 Å². The zero-order valence-corrected chi connectivity index (χ0v) is 19.5. The van der Waals surface area contributed by atoms with Gasteiger partial charge in [0.15, 0.2) is 6.10 Å². The number of nitrogens with one attached hydrogen (secondary N) is 1. The summed E-state index contributed by atoms with van der Waals surface area (Å²) in [5.41, 5.74) is 2.97. The van der Waals surface area contributed by atoms with Gasteiger partial charge in [-0.1, -0.05) is 67.9 Å². The second-order valence-electron chi connectivity index (χ2n) is 8.07. The van der Waals surface area contributed by atoms with Gasteiger partial charge in [0.2, 0.25) is 0 Å². The topological polar surface area (TPSA) is 58.6 Å². The average Bonchev–Trinajstić information content (AvgIpc) is 2.97. The number of nitrogens with zero attached hydrogens (tertiary/aromatic N) is 1. The highest BCUT2D eigenvalue weighted by atomic mass is 35.5. The first-order valence-corrected chi connectivity index (χ1v) is 11.6. The van der Waals surface area contributed by atoms with Crippen LogP contribution in [0.5, 0.6) is 5.75 Å². The molecule has 0 bridgehead atoms. The molecule has 5 nitrogen and oxygen atoms in total. The van der Waals surface area contributed by atoms with Gasteiger partial charge in [-0.3, -0.25) is 9.59 Å². The Labute approximate surface area is 199 Å². The number of ether oxygens (including phenoxy) is 1. The minimum absolute atomic E-state index is 0.0222. The summed E-state index contributed by atoms with van der Waals surface area (Å²) < 4.78 is 6.12. The fourth-order valence-corrected chi connectivity index (χ4v) is 4.44. The van der Waals surface area contributed by atoms with Crippen molar-refractivity contribution in [3.05, 3.63) is 94.5 Å². The van der Waals surface area contributed by atoms with E-state index >= 15 is 0 Å². The van der Waals surface area contributed by atoms with Crippen molar-refractivity contribution in [3.63, 3.8) is 0 Å². The van der Waals surface area contributed by atoms with Crippen molar-refractivity contribution in [2.24, 2.45) is 0 Å². The van der Waals surface area contributed by atoms with E-state index in [2.05, 4.69) is 24.4 Å². The van der Waals surface area contributed by atoms with Crippen molar-refractivity contribution in [2.75, 3.05) is 5.32 Å². The molecule has 2 atom stereocenters. The monoisotopic (exact) mass is 462 g/mol. The number of hydrogen-bond donors (Lipinski definition) is 1. The Hall–Kier alpha value is -3.31. The van der Waals surface area contributed by atoms with Crippen LogP contribution in [0, 0.1) is 0 Å². The summed E-state index contributed by atoms with van der Waals surface area (Å²) in [4.78, 5) is 28.1. The van der Waals surface area contributed by atoms with E-state index in [1.165, 1.54) is 0 Å². The lowest BCUT2D eigenvalue weighted by atomic mass is 10.0. The third kappa shape index (κ3) is 4.88. The highest BCUT2D eigenvalue weighted by Crippen LogP contribution is 2.35. The number of anilines is 1. The van der Waals surface area contributed by atoms with E-state index < -0.39 is 6.10 Å². The summed E-state index contributed by atoms with van der Waals surface area (Å²) in [7, 11) is 0. The second kappa shape index (κ2) is 10.1. The third-order valence-electron chi connectivity index (χ3n) is 5.92. The van der Waals surface area contributed by atoms with Crippen molar-refractivity contribution in [1.29, 1.82) is 0 Å². The molecule has 1 heterocycles. The van der Waals surface area contributed by atoms with Crippen molar-refractivity contribution < 1.29 is 14.3 Å². The highest BCUT2D eigenvalue weighted by molar-refractivity contribution is 6.34. The van der Waals surface area contributed by atoms with Gasteiger partial charge >= 0.3 is 0 Å². The number of rotatable bonds is 6. The van der Waals surface area contributed by atoms with E-state index in [0.717, 1.165) is 17.5 Å².